The molecule has 1 saturated heterocycles. The van der Waals surface area contributed by atoms with Crippen molar-refractivity contribution in [2.75, 3.05) is 25.0 Å². The number of amides is 4. The first kappa shape index (κ1) is 25.1. The predicted octanol–water partition coefficient (Wildman–Crippen LogP) is 3.25. The first-order valence-electron chi connectivity index (χ1n) is 11.8. The van der Waals surface area contributed by atoms with E-state index in [9.17, 15) is 14.4 Å². The lowest BCUT2D eigenvalue weighted by atomic mass is 10.0. The summed E-state index contributed by atoms with van der Waals surface area (Å²) in [5, 5.41) is 8.73. The van der Waals surface area contributed by atoms with Gasteiger partial charge in [-0.3, -0.25) is 9.59 Å². The lowest BCUT2D eigenvalue weighted by Crippen LogP contribution is -2.53. The van der Waals surface area contributed by atoms with Gasteiger partial charge >= 0.3 is 6.03 Å². The first-order valence-corrected chi connectivity index (χ1v) is 11.8. The van der Waals surface area contributed by atoms with Gasteiger partial charge < -0.3 is 25.6 Å². The fourth-order valence-corrected chi connectivity index (χ4v) is 3.95. The van der Waals surface area contributed by atoms with Crippen LogP contribution in [0.5, 0.6) is 5.75 Å². The molecule has 1 heterocycles. The molecule has 4 amide bonds. The van der Waals surface area contributed by atoms with Crippen molar-refractivity contribution >= 4 is 23.5 Å². The number of carbonyl (C=O) groups is 3. The summed E-state index contributed by atoms with van der Waals surface area (Å²) in [6.07, 6.45) is 1.73. The van der Waals surface area contributed by atoms with Gasteiger partial charge in [0.2, 0.25) is 11.8 Å². The summed E-state index contributed by atoms with van der Waals surface area (Å²) in [5.74, 6) is 0.318. The molecule has 0 radical (unpaired) electrons. The Labute approximate surface area is 201 Å². The van der Waals surface area contributed by atoms with Gasteiger partial charge in [-0.2, -0.15) is 0 Å². The Balaban J connectivity index is 1.49. The lowest BCUT2D eigenvalue weighted by molar-refractivity contribution is -0.128. The molecule has 0 saturated carbocycles. The van der Waals surface area contributed by atoms with Crippen LogP contribution in [0.25, 0.3) is 0 Å². The zero-order chi connectivity index (χ0) is 24.5. The van der Waals surface area contributed by atoms with Gasteiger partial charge in [0.25, 0.3) is 0 Å². The minimum atomic E-state index is -0.638. The summed E-state index contributed by atoms with van der Waals surface area (Å²) in [6, 6.07) is 14.3. The quantitative estimate of drug-likeness (QED) is 0.556. The highest BCUT2D eigenvalue weighted by molar-refractivity contribution is 5.89. The molecular formula is C26H34N4O4. The highest BCUT2D eigenvalue weighted by atomic mass is 16.5. The average molecular weight is 467 g/mol. The number of piperidine rings is 1. The third-order valence-electron chi connectivity index (χ3n) is 5.80. The molecule has 0 aromatic heterocycles. The summed E-state index contributed by atoms with van der Waals surface area (Å²) in [7, 11) is 0. The van der Waals surface area contributed by atoms with Gasteiger partial charge in [-0.1, -0.05) is 29.8 Å². The number of likely N-dealkylation sites (tertiary alicyclic amines) is 1. The summed E-state index contributed by atoms with van der Waals surface area (Å²) >= 11 is 0. The van der Waals surface area contributed by atoms with Crippen LogP contribution in [0.15, 0.2) is 48.5 Å². The van der Waals surface area contributed by atoms with Crippen molar-refractivity contribution in [1.82, 2.24) is 15.5 Å². The second-order valence-corrected chi connectivity index (χ2v) is 8.60. The Kier molecular flexibility index (Phi) is 8.90. The third-order valence-corrected chi connectivity index (χ3v) is 5.80. The van der Waals surface area contributed by atoms with Crippen LogP contribution < -0.4 is 20.7 Å². The van der Waals surface area contributed by atoms with Gasteiger partial charge in [-0.15, -0.1) is 0 Å². The molecule has 0 unspecified atom stereocenters. The number of carbonyl (C=O) groups excluding carboxylic acids is 3. The maximum Gasteiger partial charge on any atom is 0.321 e. The fraction of sp³-hybridized carbons (Fsp3) is 0.423. The van der Waals surface area contributed by atoms with Crippen LogP contribution in [-0.2, 0) is 16.0 Å². The Bertz CT molecular complexity index is 967. The molecule has 3 N–H and O–H groups in total. The number of hydrogen-bond acceptors (Lipinski definition) is 4. The molecule has 1 atom stereocenters. The van der Waals surface area contributed by atoms with E-state index in [0.717, 1.165) is 16.9 Å². The molecule has 0 spiro atoms. The number of aryl methyl sites for hydroxylation is 1. The standard InChI is InChI=1S/C26H34N4O4/c1-4-34-23-11-9-21(10-12-23)29-26(33)30-15-13-22(14-16-30)28-25(32)24(27-19(3)31)17-20-7-5-18(2)6-8-20/h5-12,22,24H,4,13-17H2,1-3H3,(H,27,31)(H,28,32)(H,29,33)/t24-/m0/s1. The van der Waals surface area contributed by atoms with Gasteiger partial charge in [0, 0.05) is 38.2 Å². The van der Waals surface area contributed by atoms with Gasteiger partial charge in [0.05, 0.1) is 6.61 Å². The van der Waals surface area contributed by atoms with E-state index < -0.39 is 6.04 Å². The summed E-state index contributed by atoms with van der Waals surface area (Å²) < 4.78 is 5.42. The smallest absolute Gasteiger partial charge is 0.321 e. The van der Waals surface area contributed by atoms with Crippen LogP contribution in [0.1, 0.15) is 37.8 Å². The first-order chi connectivity index (χ1) is 16.3. The van der Waals surface area contributed by atoms with Crippen LogP contribution >= 0.6 is 0 Å². The van der Waals surface area contributed by atoms with Gasteiger partial charge in [0.15, 0.2) is 0 Å². The zero-order valence-electron chi connectivity index (χ0n) is 20.1. The number of hydrogen-bond donors (Lipinski definition) is 3. The highest BCUT2D eigenvalue weighted by Crippen LogP contribution is 2.18. The Morgan fingerprint density at radius 2 is 1.68 bits per heavy atom. The number of anilines is 1. The van der Waals surface area contributed by atoms with Crippen LogP contribution in [0, 0.1) is 6.92 Å². The van der Waals surface area contributed by atoms with Crippen LogP contribution in [0.4, 0.5) is 10.5 Å². The number of nitrogens with zero attached hydrogens (tertiary/aromatic N) is 1. The Morgan fingerprint density at radius 3 is 2.26 bits per heavy atom. The molecule has 0 bridgehead atoms. The van der Waals surface area contributed by atoms with E-state index in [4.69, 9.17) is 4.74 Å². The summed E-state index contributed by atoms with van der Waals surface area (Å²) in [5.41, 5.74) is 2.83. The molecule has 3 rings (SSSR count). The van der Waals surface area contributed by atoms with Gasteiger partial charge in [0.1, 0.15) is 11.8 Å². The second kappa shape index (κ2) is 12.1. The fourth-order valence-electron chi connectivity index (χ4n) is 3.95. The molecule has 2 aromatic carbocycles. The number of urea groups is 1. The van der Waals surface area contributed by atoms with Crippen molar-refractivity contribution < 1.29 is 19.1 Å². The molecule has 8 nitrogen and oxygen atoms in total. The van der Waals surface area contributed by atoms with Gasteiger partial charge in [-0.25, -0.2) is 4.79 Å². The van der Waals surface area contributed by atoms with E-state index >= 15 is 0 Å². The van der Waals surface area contributed by atoms with E-state index in [1.165, 1.54) is 6.92 Å². The molecule has 8 heteroatoms. The Morgan fingerprint density at radius 1 is 1.03 bits per heavy atom. The topological polar surface area (TPSA) is 99.8 Å². The average Bonchev–Trinajstić information content (AvgIpc) is 2.81. The van der Waals surface area contributed by atoms with E-state index in [1.807, 2.05) is 62.4 Å². The molecule has 34 heavy (non-hydrogen) atoms. The zero-order valence-corrected chi connectivity index (χ0v) is 20.1. The minimum absolute atomic E-state index is 0.0451. The van der Waals surface area contributed by atoms with Crippen molar-refractivity contribution in [1.29, 1.82) is 0 Å². The predicted molar refractivity (Wildman–Crippen MR) is 132 cm³/mol. The molecule has 1 aliphatic rings. The molecule has 182 valence electrons. The largest absolute Gasteiger partial charge is 0.494 e. The molecule has 0 aliphatic carbocycles. The van der Waals surface area contributed by atoms with Crippen LogP contribution in [0.2, 0.25) is 0 Å². The molecule has 1 aliphatic heterocycles. The van der Waals surface area contributed by atoms with Crippen molar-refractivity contribution in [3.8, 4) is 5.75 Å². The number of ether oxygens (including phenoxy) is 1. The van der Waals surface area contributed by atoms with E-state index in [2.05, 4.69) is 16.0 Å². The number of benzene rings is 2. The Hall–Kier alpha value is -3.55. The normalized spacial score (nSPS) is 14.7. The van der Waals surface area contributed by atoms with Crippen molar-refractivity contribution in [2.45, 2.75) is 52.1 Å². The summed E-state index contributed by atoms with van der Waals surface area (Å²) in [6.45, 7) is 7.01. The van der Waals surface area contributed by atoms with Crippen molar-refractivity contribution in [3.05, 3.63) is 59.7 Å². The number of nitrogens with one attached hydrogen (secondary N) is 3. The lowest BCUT2D eigenvalue weighted by Gasteiger charge is -2.33. The number of rotatable bonds is 8. The minimum Gasteiger partial charge on any atom is -0.494 e. The summed E-state index contributed by atoms with van der Waals surface area (Å²) in [4.78, 5) is 38.9. The molecule has 2 aromatic rings. The van der Waals surface area contributed by atoms with E-state index in [0.29, 0.717) is 44.6 Å². The van der Waals surface area contributed by atoms with E-state index in [-0.39, 0.29) is 23.9 Å². The second-order valence-electron chi connectivity index (χ2n) is 8.60. The molecular weight excluding hydrogens is 432 g/mol. The van der Waals surface area contributed by atoms with Crippen molar-refractivity contribution in [3.63, 3.8) is 0 Å². The monoisotopic (exact) mass is 466 g/mol. The van der Waals surface area contributed by atoms with Crippen LogP contribution in [0.3, 0.4) is 0 Å². The maximum absolute atomic E-state index is 12.9. The van der Waals surface area contributed by atoms with Crippen LogP contribution in [-0.4, -0.2) is 54.5 Å². The maximum atomic E-state index is 12.9. The van der Waals surface area contributed by atoms with E-state index in [1.54, 1.807) is 4.90 Å². The van der Waals surface area contributed by atoms with Gasteiger partial charge in [-0.05, 0) is 56.5 Å². The van der Waals surface area contributed by atoms with Crippen molar-refractivity contribution in [2.24, 2.45) is 0 Å². The SMILES string of the molecule is CCOc1ccc(NC(=O)N2CCC(NC(=O)[C@H](Cc3ccc(C)cc3)NC(C)=O)CC2)cc1. The highest BCUT2D eigenvalue weighted by Gasteiger charge is 2.27. The molecule has 1 fully saturated rings. The third kappa shape index (κ3) is 7.50.